The summed E-state index contributed by atoms with van der Waals surface area (Å²) in [5.41, 5.74) is 0. The van der Waals surface area contributed by atoms with Gasteiger partial charge in [-0.05, 0) is 19.3 Å². The molecule has 0 spiro atoms. The normalized spacial score (nSPS) is 35.3. The standard InChI is InChI=1S/C10H14ClF2NO/c1-6(11)9(15)14-4-7-2-3-10(12,13)8(7)5-14/h6-8H,2-5H2,1H3/t6-,7+,8-/m0/s1. The summed E-state index contributed by atoms with van der Waals surface area (Å²) in [5.74, 6) is -3.48. The summed E-state index contributed by atoms with van der Waals surface area (Å²) >= 11 is 5.66. The van der Waals surface area contributed by atoms with Gasteiger partial charge in [0.15, 0.2) is 0 Å². The Bertz CT molecular complexity index is 283. The van der Waals surface area contributed by atoms with Gasteiger partial charge in [0.25, 0.3) is 5.92 Å². The summed E-state index contributed by atoms with van der Waals surface area (Å²) in [6, 6.07) is 0. The van der Waals surface area contributed by atoms with Gasteiger partial charge in [0.05, 0.1) is 0 Å². The fourth-order valence-electron chi connectivity index (χ4n) is 2.64. The number of rotatable bonds is 1. The largest absolute Gasteiger partial charge is 0.341 e. The van der Waals surface area contributed by atoms with Crippen molar-refractivity contribution in [1.29, 1.82) is 0 Å². The second kappa shape index (κ2) is 3.58. The summed E-state index contributed by atoms with van der Waals surface area (Å²) < 4.78 is 26.7. The molecule has 0 bridgehead atoms. The van der Waals surface area contributed by atoms with E-state index in [0.29, 0.717) is 13.0 Å². The predicted molar refractivity (Wildman–Crippen MR) is 53.1 cm³/mol. The van der Waals surface area contributed by atoms with E-state index < -0.39 is 17.2 Å². The van der Waals surface area contributed by atoms with Crippen molar-refractivity contribution in [3.05, 3.63) is 0 Å². The molecule has 1 heterocycles. The zero-order valence-corrected chi connectivity index (χ0v) is 9.31. The van der Waals surface area contributed by atoms with Crippen molar-refractivity contribution < 1.29 is 13.6 Å². The lowest BCUT2D eigenvalue weighted by Gasteiger charge is -2.21. The number of fused-ring (bicyclic) bond motifs is 1. The van der Waals surface area contributed by atoms with Crippen molar-refractivity contribution in [1.82, 2.24) is 4.90 Å². The van der Waals surface area contributed by atoms with Crippen molar-refractivity contribution in [2.24, 2.45) is 11.8 Å². The second-order valence-corrected chi connectivity index (χ2v) is 5.18. The van der Waals surface area contributed by atoms with Gasteiger partial charge in [-0.3, -0.25) is 4.79 Å². The average Bonchev–Trinajstić information content (AvgIpc) is 2.66. The molecular formula is C10H14ClF2NO. The van der Waals surface area contributed by atoms with Gasteiger partial charge in [-0.1, -0.05) is 0 Å². The van der Waals surface area contributed by atoms with Crippen LogP contribution in [0.1, 0.15) is 19.8 Å². The van der Waals surface area contributed by atoms with E-state index in [4.69, 9.17) is 11.6 Å². The molecule has 86 valence electrons. The maximum atomic E-state index is 13.4. The molecule has 0 radical (unpaired) electrons. The first-order chi connectivity index (χ1) is 6.92. The van der Waals surface area contributed by atoms with E-state index in [1.165, 1.54) is 4.90 Å². The van der Waals surface area contributed by atoms with Crippen molar-refractivity contribution in [3.63, 3.8) is 0 Å². The minimum atomic E-state index is -2.59. The molecule has 3 atom stereocenters. The molecule has 1 amide bonds. The zero-order chi connectivity index (χ0) is 11.2. The topological polar surface area (TPSA) is 20.3 Å². The molecule has 0 aromatic carbocycles. The Morgan fingerprint density at radius 1 is 1.53 bits per heavy atom. The number of carbonyl (C=O) groups excluding carboxylic acids is 1. The number of halogens is 3. The molecule has 1 aliphatic carbocycles. The van der Waals surface area contributed by atoms with E-state index in [0.717, 1.165) is 0 Å². The first-order valence-corrected chi connectivity index (χ1v) is 5.66. The van der Waals surface area contributed by atoms with Crippen LogP contribution in [0.4, 0.5) is 8.78 Å². The Morgan fingerprint density at radius 3 is 2.73 bits per heavy atom. The highest BCUT2D eigenvalue weighted by Gasteiger charge is 2.54. The first kappa shape index (κ1) is 11.1. The quantitative estimate of drug-likeness (QED) is 0.640. The molecule has 0 N–H and O–H groups in total. The molecule has 2 rings (SSSR count). The van der Waals surface area contributed by atoms with Crippen LogP contribution in [0.2, 0.25) is 0 Å². The zero-order valence-electron chi connectivity index (χ0n) is 8.55. The molecule has 0 aromatic heterocycles. The lowest BCUT2D eigenvalue weighted by atomic mass is 9.99. The Morgan fingerprint density at radius 2 is 2.20 bits per heavy atom. The van der Waals surface area contributed by atoms with Crippen LogP contribution in [0.5, 0.6) is 0 Å². The van der Waals surface area contributed by atoms with Gasteiger partial charge in [0.2, 0.25) is 5.91 Å². The highest BCUT2D eigenvalue weighted by molar-refractivity contribution is 6.30. The van der Waals surface area contributed by atoms with Gasteiger partial charge in [-0.2, -0.15) is 0 Å². The van der Waals surface area contributed by atoms with E-state index in [1.54, 1.807) is 6.92 Å². The van der Waals surface area contributed by atoms with E-state index in [1.807, 2.05) is 0 Å². The summed E-state index contributed by atoms with van der Waals surface area (Å²) in [6.07, 6.45) is 0.499. The van der Waals surface area contributed by atoms with Crippen molar-refractivity contribution in [3.8, 4) is 0 Å². The second-order valence-electron chi connectivity index (χ2n) is 4.53. The van der Waals surface area contributed by atoms with E-state index >= 15 is 0 Å². The molecular weight excluding hydrogens is 224 g/mol. The summed E-state index contributed by atoms with van der Waals surface area (Å²) in [6.45, 7) is 2.21. The number of likely N-dealkylation sites (tertiary alicyclic amines) is 1. The predicted octanol–water partition coefficient (Wildman–Crippen LogP) is 2.12. The molecule has 1 saturated carbocycles. The van der Waals surface area contributed by atoms with Crippen molar-refractivity contribution in [2.75, 3.05) is 13.1 Å². The lowest BCUT2D eigenvalue weighted by molar-refractivity contribution is -0.130. The third-order valence-electron chi connectivity index (χ3n) is 3.48. The number of hydrogen-bond acceptors (Lipinski definition) is 1. The highest BCUT2D eigenvalue weighted by atomic mass is 35.5. The summed E-state index contributed by atoms with van der Waals surface area (Å²) in [4.78, 5) is 13.0. The fraction of sp³-hybridized carbons (Fsp3) is 0.900. The van der Waals surface area contributed by atoms with Crippen LogP contribution in [0.25, 0.3) is 0 Å². The number of nitrogens with zero attached hydrogens (tertiary/aromatic N) is 1. The third kappa shape index (κ3) is 1.84. The fourth-order valence-corrected chi connectivity index (χ4v) is 2.77. The number of carbonyl (C=O) groups is 1. The smallest absolute Gasteiger partial charge is 0.252 e. The van der Waals surface area contributed by atoms with Crippen LogP contribution in [-0.4, -0.2) is 35.2 Å². The van der Waals surface area contributed by atoms with Gasteiger partial charge in [0.1, 0.15) is 5.38 Å². The molecule has 0 aromatic rings. The maximum absolute atomic E-state index is 13.4. The highest BCUT2D eigenvalue weighted by Crippen LogP contribution is 2.48. The van der Waals surface area contributed by atoms with Crippen molar-refractivity contribution >= 4 is 17.5 Å². The van der Waals surface area contributed by atoms with Crippen LogP contribution in [-0.2, 0) is 4.79 Å². The van der Waals surface area contributed by atoms with Gasteiger partial charge >= 0.3 is 0 Å². The van der Waals surface area contributed by atoms with E-state index in [-0.39, 0.29) is 24.8 Å². The maximum Gasteiger partial charge on any atom is 0.252 e. The van der Waals surface area contributed by atoms with E-state index in [9.17, 15) is 13.6 Å². The Balaban J connectivity index is 2.05. The number of hydrogen-bond donors (Lipinski definition) is 0. The van der Waals surface area contributed by atoms with Gasteiger partial charge in [0, 0.05) is 25.4 Å². The molecule has 1 saturated heterocycles. The monoisotopic (exact) mass is 237 g/mol. The molecule has 1 aliphatic heterocycles. The van der Waals surface area contributed by atoms with Crippen LogP contribution in [0, 0.1) is 11.8 Å². The third-order valence-corrected chi connectivity index (χ3v) is 3.67. The first-order valence-electron chi connectivity index (χ1n) is 5.22. The molecule has 5 heteroatoms. The number of amides is 1. The van der Waals surface area contributed by atoms with Gasteiger partial charge in [-0.25, -0.2) is 8.78 Å². The SMILES string of the molecule is C[C@H](Cl)C(=O)N1C[C@H]2CCC(F)(F)[C@H]2C1. The summed E-state index contributed by atoms with van der Waals surface area (Å²) in [7, 11) is 0. The van der Waals surface area contributed by atoms with Crippen LogP contribution >= 0.6 is 11.6 Å². The Labute approximate surface area is 92.6 Å². The molecule has 2 aliphatic rings. The molecule has 15 heavy (non-hydrogen) atoms. The summed E-state index contributed by atoms with van der Waals surface area (Å²) in [5, 5.41) is -0.613. The van der Waals surface area contributed by atoms with Crippen LogP contribution < -0.4 is 0 Å². The van der Waals surface area contributed by atoms with Crippen LogP contribution in [0.15, 0.2) is 0 Å². The number of alkyl halides is 3. The van der Waals surface area contributed by atoms with Gasteiger partial charge in [-0.15, -0.1) is 11.6 Å². The molecule has 2 nitrogen and oxygen atoms in total. The minimum Gasteiger partial charge on any atom is -0.341 e. The van der Waals surface area contributed by atoms with Crippen LogP contribution in [0.3, 0.4) is 0 Å². The minimum absolute atomic E-state index is 0.0270. The lowest BCUT2D eigenvalue weighted by Crippen LogP contribution is -2.36. The Hall–Kier alpha value is -0.380. The van der Waals surface area contributed by atoms with Gasteiger partial charge < -0.3 is 4.90 Å². The van der Waals surface area contributed by atoms with Crippen molar-refractivity contribution in [2.45, 2.75) is 31.1 Å². The average molecular weight is 238 g/mol. The molecule has 0 unspecified atom stereocenters. The van der Waals surface area contributed by atoms with E-state index in [2.05, 4.69) is 0 Å². The Kier molecular flexibility index (Phi) is 2.65. The molecule has 2 fully saturated rings.